The van der Waals surface area contributed by atoms with Crippen molar-refractivity contribution in [2.45, 2.75) is 26.2 Å². The molecule has 2 aromatic rings. The minimum absolute atomic E-state index is 0.664. The highest BCUT2D eigenvalue weighted by molar-refractivity contribution is 7.15. The molecule has 17 heavy (non-hydrogen) atoms. The van der Waals surface area contributed by atoms with Crippen LogP contribution in [0.1, 0.15) is 29.5 Å². The van der Waals surface area contributed by atoms with Gasteiger partial charge in [0.25, 0.3) is 0 Å². The smallest absolute Gasteiger partial charge is 0.180 e. The van der Waals surface area contributed by atoms with E-state index < -0.39 is 0 Å². The maximum Gasteiger partial charge on any atom is 0.180 e. The number of hydrogen-bond acceptors (Lipinski definition) is 3. The van der Waals surface area contributed by atoms with Crippen molar-refractivity contribution in [3.05, 3.63) is 45.4 Å². The van der Waals surface area contributed by atoms with Crippen molar-refractivity contribution in [2.24, 2.45) is 0 Å². The number of hydrogen-bond donors (Lipinski definition) is 1. The standard InChI is InChI=1S/C13H15ClN2S/c1-2-3-11-12(17-13(15)16-11)8-9-4-6-10(14)7-5-9/h4-7H,2-3,8H2,1H3,(H2,15,16). The molecule has 0 fully saturated rings. The minimum Gasteiger partial charge on any atom is -0.375 e. The van der Waals surface area contributed by atoms with Crippen LogP contribution in [0.4, 0.5) is 5.13 Å². The second kappa shape index (κ2) is 5.52. The highest BCUT2D eigenvalue weighted by Crippen LogP contribution is 2.25. The Morgan fingerprint density at radius 2 is 2.00 bits per heavy atom. The van der Waals surface area contributed by atoms with Crippen LogP contribution >= 0.6 is 22.9 Å². The van der Waals surface area contributed by atoms with Crippen LogP contribution in [0.5, 0.6) is 0 Å². The molecule has 1 heterocycles. The zero-order valence-corrected chi connectivity index (χ0v) is 11.3. The summed E-state index contributed by atoms with van der Waals surface area (Å²) in [7, 11) is 0. The van der Waals surface area contributed by atoms with Gasteiger partial charge in [0.05, 0.1) is 5.69 Å². The number of rotatable bonds is 4. The third-order valence-corrected chi connectivity index (χ3v) is 3.74. The molecular formula is C13H15ClN2S. The average molecular weight is 267 g/mol. The zero-order valence-electron chi connectivity index (χ0n) is 9.74. The number of nitrogen functional groups attached to an aromatic ring is 1. The highest BCUT2D eigenvalue weighted by Gasteiger charge is 2.09. The van der Waals surface area contributed by atoms with Crippen molar-refractivity contribution >= 4 is 28.1 Å². The molecule has 0 spiro atoms. The number of aryl methyl sites for hydroxylation is 1. The van der Waals surface area contributed by atoms with E-state index in [1.807, 2.05) is 24.3 Å². The molecule has 2 rings (SSSR count). The van der Waals surface area contributed by atoms with Gasteiger partial charge in [0, 0.05) is 16.3 Å². The van der Waals surface area contributed by atoms with Gasteiger partial charge in [0.15, 0.2) is 5.13 Å². The summed E-state index contributed by atoms with van der Waals surface area (Å²) in [6.07, 6.45) is 2.98. The van der Waals surface area contributed by atoms with E-state index in [2.05, 4.69) is 11.9 Å². The lowest BCUT2D eigenvalue weighted by molar-refractivity contribution is 0.879. The topological polar surface area (TPSA) is 38.9 Å². The molecule has 0 saturated carbocycles. The van der Waals surface area contributed by atoms with Gasteiger partial charge in [0.1, 0.15) is 0 Å². The number of anilines is 1. The number of thiazole rings is 1. The van der Waals surface area contributed by atoms with E-state index in [-0.39, 0.29) is 0 Å². The Morgan fingerprint density at radius 1 is 1.29 bits per heavy atom. The van der Waals surface area contributed by atoms with E-state index in [4.69, 9.17) is 17.3 Å². The van der Waals surface area contributed by atoms with Crippen LogP contribution in [0.15, 0.2) is 24.3 Å². The monoisotopic (exact) mass is 266 g/mol. The van der Waals surface area contributed by atoms with Crippen LogP contribution in [0.2, 0.25) is 5.02 Å². The molecular weight excluding hydrogens is 252 g/mol. The predicted octanol–water partition coefficient (Wildman–Crippen LogP) is 3.92. The largest absolute Gasteiger partial charge is 0.375 e. The molecule has 2 N–H and O–H groups in total. The maximum absolute atomic E-state index is 5.87. The van der Waals surface area contributed by atoms with Crippen LogP contribution < -0.4 is 5.73 Å². The number of halogens is 1. The van der Waals surface area contributed by atoms with Crippen molar-refractivity contribution < 1.29 is 0 Å². The van der Waals surface area contributed by atoms with E-state index in [0.717, 1.165) is 30.0 Å². The summed E-state index contributed by atoms with van der Waals surface area (Å²) < 4.78 is 0. The molecule has 1 aromatic heterocycles. The van der Waals surface area contributed by atoms with E-state index in [9.17, 15) is 0 Å². The summed E-state index contributed by atoms with van der Waals surface area (Å²) in [5, 5.41) is 1.43. The summed E-state index contributed by atoms with van der Waals surface area (Å²) in [6, 6.07) is 7.93. The van der Waals surface area contributed by atoms with Gasteiger partial charge in [-0.2, -0.15) is 0 Å². The number of benzene rings is 1. The quantitative estimate of drug-likeness (QED) is 0.911. The molecule has 0 saturated heterocycles. The Kier molecular flexibility index (Phi) is 4.02. The lowest BCUT2D eigenvalue weighted by Gasteiger charge is -2.01. The van der Waals surface area contributed by atoms with Gasteiger partial charge in [-0.3, -0.25) is 0 Å². The van der Waals surface area contributed by atoms with Gasteiger partial charge in [0.2, 0.25) is 0 Å². The van der Waals surface area contributed by atoms with Gasteiger partial charge in [-0.15, -0.1) is 11.3 Å². The maximum atomic E-state index is 5.87. The first-order valence-corrected chi connectivity index (χ1v) is 6.87. The Balaban J connectivity index is 2.20. The molecule has 0 amide bonds. The number of nitrogens with zero attached hydrogens (tertiary/aromatic N) is 1. The second-order valence-corrected chi connectivity index (χ2v) is 5.53. The molecule has 2 nitrogen and oxygen atoms in total. The lowest BCUT2D eigenvalue weighted by Crippen LogP contribution is -1.92. The van der Waals surface area contributed by atoms with Crippen LogP contribution in [0.25, 0.3) is 0 Å². The first-order valence-electron chi connectivity index (χ1n) is 5.67. The molecule has 0 radical (unpaired) electrons. The highest BCUT2D eigenvalue weighted by atomic mass is 35.5. The third-order valence-electron chi connectivity index (χ3n) is 2.56. The summed E-state index contributed by atoms with van der Waals surface area (Å²) in [5.74, 6) is 0. The second-order valence-electron chi connectivity index (χ2n) is 3.98. The van der Waals surface area contributed by atoms with Gasteiger partial charge in [-0.25, -0.2) is 4.98 Å². The van der Waals surface area contributed by atoms with Crippen LogP contribution in [0.3, 0.4) is 0 Å². The van der Waals surface area contributed by atoms with E-state index in [0.29, 0.717) is 5.13 Å². The van der Waals surface area contributed by atoms with Crippen LogP contribution in [-0.4, -0.2) is 4.98 Å². The molecule has 90 valence electrons. The third kappa shape index (κ3) is 3.20. The summed E-state index contributed by atoms with van der Waals surface area (Å²) >= 11 is 7.46. The predicted molar refractivity (Wildman–Crippen MR) is 74.8 cm³/mol. The Bertz CT molecular complexity index is 491. The fourth-order valence-electron chi connectivity index (χ4n) is 1.76. The molecule has 0 aliphatic carbocycles. The Hall–Kier alpha value is -1.06. The van der Waals surface area contributed by atoms with Gasteiger partial charge in [-0.1, -0.05) is 37.1 Å². The van der Waals surface area contributed by atoms with E-state index >= 15 is 0 Å². The number of nitrogens with two attached hydrogens (primary N) is 1. The van der Waals surface area contributed by atoms with Crippen molar-refractivity contribution in [1.82, 2.24) is 4.98 Å². The van der Waals surface area contributed by atoms with Gasteiger partial charge >= 0.3 is 0 Å². The Morgan fingerprint density at radius 3 is 2.65 bits per heavy atom. The Labute approximate surface area is 110 Å². The molecule has 0 aliphatic rings. The fourth-order valence-corrected chi connectivity index (χ4v) is 2.80. The number of aromatic nitrogens is 1. The summed E-state index contributed by atoms with van der Waals surface area (Å²) in [4.78, 5) is 5.65. The fraction of sp³-hybridized carbons (Fsp3) is 0.308. The zero-order chi connectivity index (χ0) is 12.3. The van der Waals surface area contributed by atoms with Crippen molar-refractivity contribution in [1.29, 1.82) is 0 Å². The van der Waals surface area contributed by atoms with Crippen LogP contribution in [-0.2, 0) is 12.8 Å². The molecule has 4 heteroatoms. The van der Waals surface area contributed by atoms with E-state index in [1.54, 1.807) is 11.3 Å². The summed E-state index contributed by atoms with van der Waals surface area (Å²) in [6.45, 7) is 2.15. The first-order chi connectivity index (χ1) is 8.19. The molecule has 0 bridgehead atoms. The van der Waals surface area contributed by atoms with Crippen molar-refractivity contribution in [3.8, 4) is 0 Å². The van der Waals surface area contributed by atoms with Crippen molar-refractivity contribution in [2.75, 3.05) is 5.73 Å². The minimum atomic E-state index is 0.664. The first kappa shape index (κ1) is 12.4. The lowest BCUT2D eigenvalue weighted by atomic mass is 10.1. The van der Waals surface area contributed by atoms with Crippen LogP contribution in [0, 0.1) is 0 Å². The normalized spacial score (nSPS) is 10.7. The molecule has 0 aliphatic heterocycles. The van der Waals surface area contributed by atoms with Gasteiger partial charge < -0.3 is 5.73 Å². The van der Waals surface area contributed by atoms with Gasteiger partial charge in [-0.05, 0) is 24.1 Å². The average Bonchev–Trinajstić information content (AvgIpc) is 2.63. The molecule has 0 unspecified atom stereocenters. The summed E-state index contributed by atoms with van der Waals surface area (Å²) in [5.41, 5.74) is 8.16. The molecule has 1 aromatic carbocycles. The van der Waals surface area contributed by atoms with E-state index in [1.165, 1.54) is 10.4 Å². The SMILES string of the molecule is CCCc1nc(N)sc1Cc1ccc(Cl)cc1. The molecule has 0 atom stereocenters. The van der Waals surface area contributed by atoms with Crippen molar-refractivity contribution in [3.63, 3.8) is 0 Å².